The first-order valence-electron chi connectivity index (χ1n) is 8.28. The number of methoxy groups -OCH3 is 1. The van der Waals surface area contributed by atoms with Crippen molar-refractivity contribution >= 4 is 56.2 Å². The number of rotatable bonds is 7. The summed E-state index contributed by atoms with van der Waals surface area (Å²) in [5, 5.41) is 0. The van der Waals surface area contributed by atoms with Crippen molar-refractivity contribution in [3.8, 4) is 5.75 Å². The van der Waals surface area contributed by atoms with Crippen LogP contribution in [0.3, 0.4) is 0 Å². The number of ether oxygens (including phenoxy) is 2. The highest BCUT2D eigenvalue weighted by Gasteiger charge is 2.31. The summed E-state index contributed by atoms with van der Waals surface area (Å²) < 4.78 is 12.4. The van der Waals surface area contributed by atoms with Crippen LogP contribution in [0.4, 0.5) is 0 Å². The van der Waals surface area contributed by atoms with Crippen molar-refractivity contribution in [3.05, 3.63) is 69.0 Å². The molecule has 0 atom stereocenters. The Kier molecular flexibility index (Phi) is 7.07. The lowest BCUT2D eigenvalue weighted by atomic mass is 10.2. The maximum atomic E-state index is 12.4. The lowest BCUT2D eigenvalue weighted by molar-refractivity contribution is -0.122. The highest BCUT2D eigenvalue weighted by molar-refractivity contribution is 9.10. The molecule has 0 N–H and O–H groups in total. The molecule has 1 heterocycles. The molecule has 3 rings (SSSR count). The summed E-state index contributed by atoms with van der Waals surface area (Å²) in [6.45, 7) is 1.44. The maximum Gasteiger partial charge on any atom is 0.266 e. The Morgan fingerprint density at radius 2 is 1.85 bits per heavy atom. The minimum atomic E-state index is -0.0717. The van der Waals surface area contributed by atoms with E-state index in [2.05, 4.69) is 15.9 Å². The number of carbonyl (C=O) groups is 1. The van der Waals surface area contributed by atoms with Crippen molar-refractivity contribution in [1.29, 1.82) is 0 Å². The standard InChI is InChI=1S/C20H18BrNO3S2/c1-24-11-10-22-19(23)18(27-20(22)26)12-14-4-8-17(9-5-14)25-13-15-2-6-16(21)7-3-15/h2-9,12H,10-11,13H2,1H3/b18-12-. The van der Waals surface area contributed by atoms with Gasteiger partial charge in [-0.15, -0.1) is 0 Å². The Balaban J connectivity index is 1.61. The highest BCUT2D eigenvalue weighted by atomic mass is 79.9. The van der Waals surface area contributed by atoms with Gasteiger partial charge in [-0.1, -0.05) is 64.2 Å². The van der Waals surface area contributed by atoms with Gasteiger partial charge < -0.3 is 9.47 Å². The zero-order chi connectivity index (χ0) is 19.2. The van der Waals surface area contributed by atoms with E-state index in [1.54, 1.807) is 12.0 Å². The topological polar surface area (TPSA) is 38.8 Å². The number of halogens is 1. The molecule has 0 bridgehead atoms. The van der Waals surface area contributed by atoms with Gasteiger partial charge in [-0.25, -0.2) is 0 Å². The summed E-state index contributed by atoms with van der Waals surface area (Å²) in [7, 11) is 1.61. The summed E-state index contributed by atoms with van der Waals surface area (Å²) in [6, 6.07) is 15.7. The molecule has 1 aliphatic heterocycles. The Bertz CT molecular complexity index is 851. The number of benzene rings is 2. The highest BCUT2D eigenvalue weighted by Crippen LogP contribution is 2.32. The Morgan fingerprint density at radius 1 is 1.15 bits per heavy atom. The third-order valence-electron chi connectivity index (χ3n) is 3.89. The molecule has 0 aromatic heterocycles. The number of nitrogens with zero attached hydrogens (tertiary/aromatic N) is 1. The molecule has 140 valence electrons. The van der Waals surface area contributed by atoms with Crippen molar-refractivity contribution in [2.24, 2.45) is 0 Å². The SMILES string of the molecule is COCCN1C(=O)/C(=C/c2ccc(OCc3ccc(Br)cc3)cc2)SC1=S. The molecule has 7 heteroatoms. The quantitative estimate of drug-likeness (QED) is 0.432. The van der Waals surface area contributed by atoms with E-state index in [1.165, 1.54) is 11.8 Å². The normalized spacial score (nSPS) is 15.6. The first-order valence-corrected chi connectivity index (χ1v) is 10.3. The molecule has 2 aromatic rings. The average molecular weight is 464 g/mol. The second kappa shape index (κ2) is 9.50. The van der Waals surface area contributed by atoms with E-state index in [4.69, 9.17) is 21.7 Å². The molecule has 0 unspecified atom stereocenters. The molecule has 0 spiro atoms. The van der Waals surface area contributed by atoms with Crippen LogP contribution in [0, 0.1) is 0 Å². The van der Waals surface area contributed by atoms with Gasteiger partial charge in [-0.3, -0.25) is 9.69 Å². The van der Waals surface area contributed by atoms with Gasteiger partial charge in [0.2, 0.25) is 0 Å². The molecule has 1 aliphatic rings. The van der Waals surface area contributed by atoms with Gasteiger partial charge in [0, 0.05) is 11.6 Å². The van der Waals surface area contributed by atoms with Crippen LogP contribution in [0.5, 0.6) is 5.75 Å². The Hall–Kier alpha value is -1.67. The van der Waals surface area contributed by atoms with Crippen LogP contribution in [-0.4, -0.2) is 35.4 Å². The number of hydrogen-bond donors (Lipinski definition) is 0. The Labute approximate surface area is 176 Å². The zero-order valence-corrected chi connectivity index (χ0v) is 17.9. The van der Waals surface area contributed by atoms with E-state index in [1.807, 2.05) is 54.6 Å². The lowest BCUT2D eigenvalue weighted by Gasteiger charge is -2.12. The Morgan fingerprint density at radius 3 is 2.52 bits per heavy atom. The van der Waals surface area contributed by atoms with Crippen LogP contribution in [0.15, 0.2) is 57.9 Å². The molecule has 1 amide bonds. The second-order valence-electron chi connectivity index (χ2n) is 5.81. The van der Waals surface area contributed by atoms with Crippen LogP contribution in [0.25, 0.3) is 6.08 Å². The van der Waals surface area contributed by atoms with Gasteiger partial charge in [0.05, 0.1) is 18.1 Å². The number of amides is 1. The van der Waals surface area contributed by atoms with Gasteiger partial charge in [0.15, 0.2) is 0 Å². The third kappa shape index (κ3) is 5.42. The fraction of sp³-hybridized carbons (Fsp3) is 0.200. The first kappa shape index (κ1) is 20.1. The smallest absolute Gasteiger partial charge is 0.266 e. The number of thiocarbonyl (C=S) groups is 1. The van der Waals surface area contributed by atoms with Crippen molar-refractivity contribution in [3.63, 3.8) is 0 Å². The molecular weight excluding hydrogens is 446 g/mol. The molecule has 0 radical (unpaired) electrons. The minimum absolute atomic E-state index is 0.0717. The lowest BCUT2D eigenvalue weighted by Crippen LogP contribution is -2.31. The molecule has 1 fully saturated rings. The van der Waals surface area contributed by atoms with Crippen LogP contribution in [0.2, 0.25) is 0 Å². The fourth-order valence-corrected chi connectivity index (χ4v) is 4.01. The molecule has 27 heavy (non-hydrogen) atoms. The van der Waals surface area contributed by atoms with Gasteiger partial charge in [-0.05, 0) is 41.5 Å². The number of carbonyl (C=O) groups excluding carboxylic acids is 1. The summed E-state index contributed by atoms with van der Waals surface area (Å²) in [4.78, 5) is 14.6. The number of thioether (sulfide) groups is 1. The zero-order valence-electron chi connectivity index (χ0n) is 14.7. The monoisotopic (exact) mass is 463 g/mol. The molecule has 0 aliphatic carbocycles. The summed E-state index contributed by atoms with van der Waals surface area (Å²) >= 11 is 10.0. The fourth-order valence-electron chi connectivity index (χ4n) is 2.43. The van der Waals surface area contributed by atoms with Crippen molar-refractivity contribution in [2.75, 3.05) is 20.3 Å². The number of hydrogen-bond acceptors (Lipinski definition) is 5. The van der Waals surface area contributed by atoms with Gasteiger partial charge in [-0.2, -0.15) is 0 Å². The van der Waals surface area contributed by atoms with E-state index in [0.29, 0.717) is 29.0 Å². The largest absolute Gasteiger partial charge is 0.489 e. The first-order chi connectivity index (χ1) is 13.1. The summed E-state index contributed by atoms with van der Waals surface area (Å²) in [6.07, 6.45) is 1.85. The van der Waals surface area contributed by atoms with E-state index in [0.717, 1.165) is 21.3 Å². The van der Waals surface area contributed by atoms with Gasteiger partial charge in [0.1, 0.15) is 16.7 Å². The van der Waals surface area contributed by atoms with Crippen molar-refractivity contribution in [1.82, 2.24) is 4.90 Å². The van der Waals surface area contributed by atoms with E-state index < -0.39 is 0 Å². The minimum Gasteiger partial charge on any atom is -0.489 e. The van der Waals surface area contributed by atoms with E-state index in [-0.39, 0.29) is 5.91 Å². The molecule has 4 nitrogen and oxygen atoms in total. The summed E-state index contributed by atoms with van der Waals surface area (Å²) in [5.41, 5.74) is 2.03. The van der Waals surface area contributed by atoms with Crippen LogP contribution in [-0.2, 0) is 16.1 Å². The van der Waals surface area contributed by atoms with Crippen molar-refractivity contribution < 1.29 is 14.3 Å². The summed E-state index contributed by atoms with van der Waals surface area (Å²) in [5.74, 6) is 0.709. The van der Waals surface area contributed by atoms with Crippen LogP contribution in [0.1, 0.15) is 11.1 Å². The predicted molar refractivity (Wildman–Crippen MR) is 117 cm³/mol. The maximum absolute atomic E-state index is 12.4. The molecular formula is C20H18BrNO3S2. The third-order valence-corrected chi connectivity index (χ3v) is 5.80. The van der Waals surface area contributed by atoms with Crippen LogP contribution < -0.4 is 4.74 Å². The predicted octanol–water partition coefficient (Wildman–Crippen LogP) is 4.88. The van der Waals surface area contributed by atoms with E-state index in [9.17, 15) is 4.79 Å². The van der Waals surface area contributed by atoms with Crippen LogP contribution >= 0.6 is 39.9 Å². The molecule has 0 saturated carbocycles. The van der Waals surface area contributed by atoms with Crippen molar-refractivity contribution in [2.45, 2.75) is 6.61 Å². The second-order valence-corrected chi connectivity index (χ2v) is 8.40. The average Bonchev–Trinajstić information content (AvgIpc) is 2.94. The van der Waals surface area contributed by atoms with Gasteiger partial charge >= 0.3 is 0 Å². The molecule has 2 aromatic carbocycles. The van der Waals surface area contributed by atoms with Gasteiger partial charge in [0.25, 0.3) is 5.91 Å². The molecule has 1 saturated heterocycles. The van der Waals surface area contributed by atoms with E-state index >= 15 is 0 Å².